The van der Waals surface area contributed by atoms with E-state index < -0.39 is 29.8 Å². The number of halogens is 3. The van der Waals surface area contributed by atoms with Gasteiger partial charge >= 0.3 is 12.7 Å². The molecule has 1 aromatic heterocycles. The molecule has 0 radical (unpaired) electrons. The van der Waals surface area contributed by atoms with Gasteiger partial charge in [0, 0.05) is 35.5 Å². The maximum Gasteiger partial charge on any atom is 0.498 e. The summed E-state index contributed by atoms with van der Waals surface area (Å²) in [5, 5.41) is 2.71. The quantitative estimate of drug-likeness (QED) is 0.484. The summed E-state index contributed by atoms with van der Waals surface area (Å²) in [4.78, 5) is 19.4. The Balaban J connectivity index is 1.58. The van der Waals surface area contributed by atoms with Gasteiger partial charge in [0.25, 0.3) is 5.91 Å². The van der Waals surface area contributed by atoms with Crippen LogP contribution in [0.5, 0.6) is 5.75 Å². The number of carbonyl (C=O) groups excluding carboxylic acids is 1. The van der Waals surface area contributed by atoms with Crippen LogP contribution in [-0.4, -0.2) is 54.7 Å². The zero-order valence-electron chi connectivity index (χ0n) is 19.2. The molecule has 0 spiro atoms. The number of aromatic nitrogens is 1. The van der Waals surface area contributed by atoms with Crippen molar-refractivity contribution in [3.8, 4) is 5.75 Å². The summed E-state index contributed by atoms with van der Waals surface area (Å²) >= 11 is 4.77. The van der Waals surface area contributed by atoms with Crippen LogP contribution in [-0.2, 0) is 14.0 Å². The van der Waals surface area contributed by atoms with Gasteiger partial charge in [0.1, 0.15) is 18.3 Å². The second-order valence-electron chi connectivity index (χ2n) is 9.05. The van der Waals surface area contributed by atoms with Crippen molar-refractivity contribution >= 4 is 41.6 Å². The third kappa shape index (κ3) is 5.27. The Morgan fingerprint density at radius 2 is 1.85 bits per heavy atom. The minimum Gasteiger partial charge on any atom is -0.420 e. The second kappa shape index (κ2) is 8.96. The molecule has 1 N–H and O–H groups in total. The molecule has 4 rings (SSSR count). The summed E-state index contributed by atoms with van der Waals surface area (Å²) in [7, 11) is -0.727. The Morgan fingerprint density at radius 3 is 2.41 bits per heavy atom. The summed E-state index contributed by atoms with van der Waals surface area (Å²) in [6, 6.07) is 7.08. The summed E-state index contributed by atoms with van der Waals surface area (Å²) < 4.78 is 47.7. The Hall–Kier alpha value is -2.47. The molecule has 0 unspecified atom stereocenters. The molecule has 3 heterocycles. The lowest BCUT2D eigenvalue weighted by Crippen LogP contribution is -2.41. The molecule has 2 aromatic rings. The molecular weight excluding hydrogens is 471 g/mol. The van der Waals surface area contributed by atoms with Crippen molar-refractivity contribution in [1.82, 2.24) is 4.98 Å². The minimum atomic E-state index is -3.82. The molecule has 182 valence electrons. The van der Waals surface area contributed by atoms with Gasteiger partial charge in [-0.3, -0.25) is 4.79 Å². The highest BCUT2D eigenvalue weighted by molar-refractivity contribution is 6.64. The van der Waals surface area contributed by atoms with Crippen LogP contribution in [0, 0.1) is 0 Å². The molecule has 2 fully saturated rings. The lowest BCUT2D eigenvalue weighted by atomic mass is 9.78. The van der Waals surface area contributed by atoms with Gasteiger partial charge in [0.2, 0.25) is 0 Å². The molecule has 8 nitrogen and oxygen atoms in total. The van der Waals surface area contributed by atoms with Crippen molar-refractivity contribution in [2.45, 2.75) is 44.5 Å². The van der Waals surface area contributed by atoms with Gasteiger partial charge in [-0.1, -0.05) is 0 Å². The first-order valence-electron chi connectivity index (χ1n) is 10.7. The van der Waals surface area contributed by atoms with E-state index >= 15 is 0 Å². The number of pyridine rings is 1. The van der Waals surface area contributed by atoms with Crippen molar-refractivity contribution < 1.29 is 32.4 Å². The summed E-state index contributed by atoms with van der Waals surface area (Å²) in [5.41, 5.74) is -3.69. The molecule has 1 aromatic carbocycles. The van der Waals surface area contributed by atoms with Crippen LogP contribution in [0.4, 0.5) is 20.3 Å². The van der Waals surface area contributed by atoms with Crippen molar-refractivity contribution in [2.75, 3.05) is 30.1 Å². The lowest BCUT2D eigenvalue weighted by Gasteiger charge is -2.32. The fourth-order valence-corrected chi connectivity index (χ4v) is 3.62. The number of carbonyl (C=O) groups is 1. The van der Waals surface area contributed by atoms with Crippen LogP contribution in [0.2, 0.25) is 0 Å². The highest BCUT2D eigenvalue weighted by Crippen LogP contribution is 2.37. The van der Waals surface area contributed by atoms with Crippen molar-refractivity contribution in [1.29, 1.82) is 0 Å². The largest absolute Gasteiger partial charge is 0.498 e. The van der Waals surface area contributed by atoms with Crippen molar-refractivity contribution in [3.63, 3.8) is 0 Å². The number of anilines is 2. The minimum absolute atomic E-state index is 0.139. The van der Waals surface area contributed by atoms with Crippen LogP contribution in [0.15, 0.2) is 36.5 Å². The van der Waals surface area contributed by atoms with E-state index in [9.17, 15) is 13.6 Å². The van der Waals surface area contributed by atoms with Crippen LogP contribution >= 0.6 is 11.6 Å². The molecule has 34 heavy (non-hydrogen) atoms. The van der Waals surface area contributed by atoms with Crippen molar-refractivity contribution in [3.05, 3.63) is 42.1 Å². The van der Waals surface area contributed by atoms with E-state index in [4.69, 9.17) is 25.6 Å². The van der Waals surface area contributed by atoms with Gasteiger partial charge in [-0.2, -0.15) is 0 Å². The molecule has 0 bridgehead atoms. The normalized spacial score (nSPS) is 19.4. The third-order valence-electron chi connectivity index (χ3n) is 6.06. The number of benzene rings is 1. The van der Waals surface area contributed by atoms with E-state index in [0.29, 0.717) is 36.9 Å². The number of nitrogens with zero attached hydrogens (tertiary/aromatic N) is 2. The van der Waals surface area contributed by atoms with E-state index in [2.05, 4.69) is 15.0 Å². The predicted octanol–water partition coefficient (Wildman–Crippen LogP) is 3.60. The Bertz CT molecular complexity index is 1040. The highest BCUT2D eigenvalue weighted by atomic mass is 35.5. The van der Waals surface area contributed by atoms with Gasteiger partial charge in [0.05, 0.1) is 23.4 Å². The first-order valence-corrected chi connectivity index (χ1v) is 11.1. The van der Waals surface area contributed by atoms with Crippen LogP contribution < -0.4 is 20.4 Å². The highest BCUT2D eigenvalue weighted by Gasteiger charge is 2.53. The average Bonchev–Trinajstić information content (AvgIpc) is 3.34. The molecular formula is C22H25BClF2N3O5. The fraction of sp³-hybridized carbons (Fsp3) is 0.455. The van der Waals surface area contributed by atoms with Crippen LogP contribution in [0.1, 0.15) is 38.1 Å². The number of rotatable bonds is 6. The fourth-order valence-electron chi connectivity index (χ4n) is 3.53. The summed E-state index contributed by atoms with van der Waals surface area (Å²) in [6.45, 7) is 9.39. The zero-order chi connectivity index (χ0) is 24.7. The molecule has 0 atom stereocenters. The van der Waals surface area contributed by atoms with E-state index in [1.54, 1.807) is 6.07 Å². The molecule has 12 heteroatoms. The number of nitrogens with one attached hydrogen (secondary N) is 1. The van der Waals surface area contributed by atoms with E-state index in [0.717, 1.165) is 0 Å². The van der Waals surface area contributed by atoms with Gasteiger partial charge in [-0.15, -0.1) is 8.78 Å². The van der Waals surface area contributed by atoms with E-state index in [-0.39, 0.29) is 11.3 Å². The Morgan fingerprint density at radius 1 is 1.21 bits per heavy atom. The van der Waals surface area contributed by atoms with Crippen molar-refractivity contribution in [2.24, 2.45) is 0 Å². The van der Waals surface area contributed by atoms with Crippen LogP contribution in [0.25, 0.3) is 0 Å². The SMILES string of the molecule is CC1(C)OB(c2cc(C(=O)Nc3ccc(OC(F)(F)Cl)cc3)cnc2N2CCOC2)OC1(C)C. The number of amides is 1. The second-order valence-corrected chi connectivity index (χ2v) is 9.49. The molecule has 2 aliphatic heterocycles. The Labute approximate surface area is 201 Å². The summed E-state index contributed by atoms with van der Waals surface area (Å²) in [5.74, 6) is 0.0433. The lowest BCUT2D eigenvalue weighted by molar-refractivity contribution is -0.0964. The topological polar surface area (TPSA) is 82.2 Å². The Kier molecular flexibility index (Phi) is 6.49. The van der Waals surface area contributed by atoms with E-state index in [1.165, 1.54) is 30.5 Å². The average molecular weight is 496 g/mol. The maximum absolute atomic E-state index is 12.9. The first-order chi connectivity index (χ1) is 15.8. The summed E-state index contributed by atoms with van der Waals surface area (Å²) in [6.07, 6.45) is 1.46. The molecule has 0 aliphatic carbocycles. The third-order valence-corrected chi connectivity index (χ3v) is 6.14. The number of hydrogen-bond donors (Lipinski definition) is 1. The van der Waals surface area contributed by atoms with Crippen LogP contribution in [0.3, 0.4) is 0 Å². The predicted molar refractivity (Wildman–Crippen MR) is 124 cm³/mol. The molecule has 2 saturated heterocycles. The monoisotopic (exact) mass is 495 g/mol. The van der Waals surface area contributed by atoms with Gasteiger partial charge < -0.3 is 29.0 Å². The first kappa shape index (κ1) is 24.7. The zero-order valence-corrected chi connectivity index (χ0v) is 20.0. The maximum atomic E-state index is 12.9. The van der Waals surface area contributed by atoms with E-state index in [1.807, 2.05) is 32.6 Å². The molecule has 1 amide bonds. The number of ether oxygens (including phenoxy) is 2. The van der Waals surface area contributed by atoms with Gasteiger partial charge in [-0.05, 0) is 58.0 Å². The molecule has 0 saturated carbocycles. The van der Waals surface area contributed by atoms with Gasteiger partial charge in [0.15, 0.2) is 0 Å². The smallest absolute Gasteiger partial charge is 0.420 e. The molecule has 2 aliphatic rings. The number of hydrogen-bond acceptors (Lipinski definition) is 7. The van der Waals surface area contributed by atoms with Gasteiger partial charge in [-0.25, -0.2) is 4.98 Å². The standard InChI is InChI=1S/C22H25BClF2N3O5/c1-20(2)21(3,4)34-23(33-20)17-11-14(12-27-18(17)29-9-10-31-13-29)19(30)28-15-5-7-16(8-6-15)32-22(24,25)26/h5-8,11-12H,9-10,13H2,1-4H3,(H,28,30). The number of alkyl halides is 3.